The zero-order valence-corrected chi connectivity index (χ0v) is 20.6. The van der Waals surface area contributed by atoms with E-state index in [1.54, 1.807) is 7.11 Å². The fourth-order valence-electron chi connectivity index (χ4n) is 3.57. The lowest BCUT2D eigenvalue weighted by Crippen LogP contribution is -2.22. The summed E-state index contributed by atoms with van der Waals surface area (Å²) in [5, 5.41) is 13.1. The number of rotatable bonds is 7. The van der Waals surface area contributed by atoms with Gasteiger partial charge in [-0.3, -0.25) is 4.79 Å². The topological polar surface area (TPSA) is 75.0 Å². The minimum absolute atomic E-state index is 0.152. The first-order valence-corrected chi connectivity index (χ1v) is 12.1. The molecule has 1 heterocycles. The fourth-order valence-corrected chi connectivity index (χ4v) is 4.50. The molecule has 1 aromatic heterocycles. The Kier molecular flexibility index (Phi) is 7.49. The molecule has 0 saturated carbocycles. The number of amides is 1. The lowest BCUT2D eigenvalue weighted by molar-refractivity contribution is -0.115. The van der Waals surface area contributed by atoms with Gasteiger partial charge in [0.2, 0.25) is 5.91 Å². The first-order chi connectivity index (χ1) is 17.0. The molecule has 0 aliphatic rings. The summed E-state index contributed by atoms with van der Waals surface area (Å²) in [4.78, 5) is 17.7. The van der Waals surface area contributed by atoms with Crippen molar-refractivity contribution in [2.75, 3.05) is 12.4 Å². The van der Waals surface area contributed by atoms with Gasteiger partial charge in [0.1, 0.15) is 16.8 Å². The molecule has 0 aliphatic carbocycles. The van der Waals surface area contributed by atoms with Gasteiger partial charge in [-0.15, -0.1) is 0 Å². The van der Waals surface area contributed by atoms with E-state index in [9.17, 15) is 10.1 Å². The smallest absolute Gasteiger partial charge is 0.237 e. The summed E-state index contributed by atoms with van der Waals surface area (Å²) < 4.78 is 5.28. The van der Waals surface area contributed by atoms with Crippen molar-refractivity contribution in [3.8, 4) is 34.2 Å². The Morgan fingerprint density at radius 3 is 2.31 bits per heavy atom. The quantitative estimate of drug-likeness (QED) is 0.298. The third-order valence-corrected chi connectivity index (χ3v) is 6.63. The van der Waals surface area contributed by atoms with Crippen LogP contribution < -0.4 is 10.1 Å². The molecule has 174 valence electrons. The number of benzene rings is 3. The van der Waals surface area contributed by atoms with Crippen LogP contribution in [0.25, 0.3) is 22.4 Å². The monoisotopic (exact) mass is 479 g/mol. The van der Waals surface area contributed by atoms with Gasteiger partial charge in [0.15, 0.2) is 0 Å². The molecule has 1 atom stereocenters. The molecule has 1 unspecified atom stereocenters. The summed E-state index contributed by atoms with van der Waals surface area (Å²) in [7, 11) is 1.63. The van der Waals surface area contributed by atoms with Gasteiger partial charge in [-0.25, -0.2) is 4.98 Å². The summed E-state index contributed by atoms with van der Waals surface area (Å²) in [5.74, 6) is 0.599. The number of anilines is 1. The molecule has 4 rings (SSSR count). The number of nitrogens with one attached hydrogen (secondary N) is 1. The highest BCUT2D eigenvalue weighted by Gasteiger charge is 2.21. The number of aromatic nitrogens is 1. The van der Waals surface area contributed by atoms with Crippen molar-refractivity contribution in [3.05, 3.63) is 96.1 Å². The molecule has 3 aromatic carbocycles. The van der Waals surface area contributed by atoms with Gasteiger partial charge in [-0.1, -0.05) is 59.8 Å². The molecule has 0 saturated heterocycles. The van der Waals surface area contributed by atoms with Crippen LogP contribution in [0, 0.1) is 18.3 Å². The predicted molar refractivity (Wildman–Crippen MR) is 142 cm³/mol. The Hall–Kier alpha value is -4.08. The van der Waals surface area contributed by atoms with E-state index < -0.39 is 5.25 Å². The van der Waals surface area contributed by atoms with Gasteiger partial charge in [-0.05, 0) is 61.9 Å². The minimum Gasteiger partial charge on any atom is -0.497 e. The largest absolute Gasteiger partial charge is 0.497 e. The molecular weight excluding hydrogens is 454 g/mol. The van der Waals surface area contributed by atoms with E-state index in [-0.39, 0.29) is 5.91 Å². The third kappa shape index (κ3) is 5.71. The number of nitrogens with zero attached hydrogens (tertiary/aromatic N) is 2. The van der Waals surface area contributed by atoms with Crippen molar-refractivity contribution in [2.45, 2.75) is 24.1 Å². The maximum absolute atomic E-state index is 12.9. The van der Waals surface area contributed by atoms with Crippen molar-refractivity contribution >= 4 is 23.4 Å². The van der Waals surface area contributed by atoms with E-state index in [0.29, 0.717) is 10.6 Å². The number of pyridine rings is 1. The van der Waals surface area contributed by atoms with Gasteiger partial charge in [0, 0.05) is 16.8 Å². The molecule has 6 heteroatoms. The summed E-state index contributed by atoms with van der Waals surface area (Å²) in [6.07, 6.45) is 0. The number of thioether (sulfide) groups is 1. The lowest BCUT2D eigenvalue weighted by atomic mass is 9.99. The first kappa shape index (κ1) is 24.1. The van der Waals surface area contributed by atoms with Crippen molar-refractivity contribution in [3.63, 3.8) is 0 Å². The zero-order valence-electron chi connectivity index (χ0n) is 19.8. The molecule has 1 N–H and O–H groups in total. The number of aryl methyl sites for hydroxylation is 1. The molecule has 0 radical (unpaired) electrons. The predicted octanol–water partition coefficient (Wildman–Crippen LogP) is 6.72. The SMILES string of the molecule is COc1ccc(-c2cc(-c3ccccc3)c(C#N)c(SC(C)C(=O)Nc3ccc(C)cc3)n2)cc1. The van der Waals surface area contributed by atoms with Crippen LogP contribution in [0.1, 0.15) is 18.1 Å². The van der Waals surface area contributed by atoms with Gasteiger partial charge in [-0.2, -0.15) is 5.26 Å². The number of carbonyl (C=O) groups excluding carboxylic acids is 1. The summed E-state index contributed by atoms with van der Waals surface area (Å²) >= 11 is 1.28. The van der Waals surface area contributed by atoms with E-state index in [2.05, 4.69) is 11.4 Å². The van der Waals surface area contributed by atoms with Gasteiger partial charge in [0.25, 0.3) is 0 Å². The Morgan fingerprint density at radius 2 is 1.69 bits per heavy atom. The van der Waals surface area contributed by atoms with Crippen LogP contribution in [0.15, 0.2) is 90.0 Å². The number of hydrogen-bond acceptors (Lipinski definition) is 5. The maximum atomic E-state index is 12.9. The average molecular weight is 480 g/mol. The normalized spacial score (nSPS) is 11.4. The van der Waals surface area contributed by atoms with E-state index in [4.69, 9.17) is 9.72 Å². The Labute approximate surface area is 209 Å². The number of hydrogen-bond donors (Lipinski definition) is 1. The highest BCUT2D eigenvalue weighted by Crippen LogP contribution is 2.36. The van der Waals surface area contributed by atoms with Crippen molar-refractivity contribution in [2.24, 2.45) is 0 Å². The summed E-state index contributed by atoms with van der Waals surface area (Å²) in [6, 6.07) is 29.3. The second-order valence-corrected chi connectivity index (χ2v) is 9.39. The number of methoxy groups -OCH3 is 1. The molecule has 5 nitrogen and oxygen atoms in total. The molecule has 1 amide bonds. The van der Waals surface area contributed by atoms with E-state index in [1.165, 1.54) is 11.8 Å². The molecular formula is C29H25N3O2S. The second-order valence-electron chi connectivity index (χ2n) is 8.06. The first-order valence-electron chi connectivity index (χ1n) is 11.2. The van der Waals surface area contributed by atoms with Gasteiger partial charge >= 0.3 is 0 Å². The van der Waals surface area contributed by atoms with Crippen LogP contribution >= 0.6 is 11.8 Å². The molecule has 4 aromatic rings. The summed E-state index contributed by atoms with van der Waals surface area (Å²) in [5.41, 5.74) is 5.62. The minimum atomic E-state index is -0.467. The number of carbonyl (C=O) groups is 1. The van der Waals surface area contributed by atoms with Crippen LogP contribution in [0.2, 0.25) is 0 Å². The molecule has 0 fully saturated rings. The maximum Gasteiger partial charge on any atom is 0.237 e. The lowest BCUT2D eigenvalue weighted by Gasteiger charge is -2.16. The third-order valence-electron chi connectivity index (χ3n) is 5.55. The fraction of sp³-hybridized carbons (Fsp3) is 0.138. The van der Waals surface area contributed by atoms with Gasteiger partial charge < -0.3 is 10.1 Å². The van der Waals surface area contributed by atoms with Crippen LogP contribution in [0.3, 0.4) is 0 Å². The molecule has 0 bridgehead atoms. The van der Waals surface area contributed by atoms with Crippen LogP contribution in [-0.4, -0.2) is 23.3 Å². The molecule has 0 aliphatic heterocycles. The molecule has 0 spiro atoms. The van der Waals surface area contributed by atoms with Gasteiger partial charge in [0.05, 0.1) is 23.6 Å². The Morgan fingerprint density at radius 1 is 1.00 bits per heavy atom. The number of ether oxygens (including phenoxy) is 1. The highest BCUT2D eigenvalue weighted by molar-refractivity contribution is 8.00. The Balaban J connectivity index is 1.72. The highest BCUT2D eigenvalue weighted by atomic mass is 32.2. The van der Waals surface area contributed by atoms with Crippen molar-refractivity contribution in [1.82, 2.24) is 4.98 Å². The second kappa shape index (κ2) is 10.9. The number of nitriles is 1. The van der Waals surface area contributed by atoms with E-state index in [0.717, 1.165) is 39.4 Å². The van der Waals surface area contributed by atoms with Crippen molar-refractivity contribution in [1.29, 1.82) is 5.26 Å². The standard InChI is InChI=1S/C29H25N3O2S/c1-19-9-13-23(14-10-19)31-28(33)20(2)35-29-26(18-30)25(21-7-5-4-6-8-21)17-27(32-29)22-11-15-24(34-3)16-12-22/h4-17,20H,1-3H3,(H,31,33). The van der Waals surface area contributed by atoms with Crippen LogP contribution in [0.5, 0.6) is 5.75 Å². The van der Waals surface area contributed by atoms with E-state index >= 15 is 0 Å². The van der Waals surface area contributed by atoms with Crippen molar-refractivity contribution < 1.29 is 9.53 Å². The van der Waals surface area contributed by atoms with Crippen LogP contribution in [-0.2, 0) is 4.79 Å². The molecule has 35 heavy (non-hydrogen) atoms. The zero-order chi connectivity index (χ0) is 24.8. The van der Waals surface area contributed by atoms with E-state index in [1.807, 2.05) is 98.8 Å². The average Bonchev–Trinajstić information content (AvgIpc) is 2.90. The summed E-state index contributed by atoms with van der Waals surface area (Å²) in [6.45, 7) is 3.82. The Bertz CT molecular complexity index is 1360. The van der Waals surface area contributed by atoms with Crippen LogP contribution in [0.4, 0.5) is 5.69 Å².